The molecule has 1 aliphatic rings. The molecule has 126 valence electrons. The molecule has 3 heterocycles. The first-order valence-electron chi connectivity index (χ1n) is 7.58. The van der Waals surface area contributed by atoms with E-state index >= 15 is 0 Å². The second-order valence-corrected chi connectivity index (χ2v) is 7.52. The average Bonchev–Trinajstić information content (AvgIpc) is 3.17. The first kappa shape index (κ1) is 16.2. The number of rotatable bonds is 5. The lowest BCUT2D eigenvalue weighted by Crippen LogP contribution is -2.41. The van der Waals surface area contributed by atoms with Crippen molar-refractivity contribution in [3.63, 3.8) is 0 Å². The molecule has 2 atom stereocenters. The van der Waals surface area contributed by atoms with Gasteiger partial charge in [-0.25, -0.2) is 0 Å². The van der Waals surface area contributed by atoms with Crippen molar-refractivity contribution >= 4 is 10.2 Å². The molecule has 0 aliphatic carbocycles. The minimum absolute atomic E-state index is 0.257. The molecule has 0 spiro atoms. The number of nitrogens with zero attached hydrogens (tertiary/aromatic N) is 4. The van der Waals surface area contributed by atoms with Crippen LogP contribution in [0, 0.1) is 6.92 Å². The Labute approximate surface area is 135 Å². The van der Waals surface area contributed by atoms with Gasteiger partial charge in [-0.3, -0.25) is 0 Å². The standard InChI is InChI=1S/C14H21N5O3S/c1-10-6-7-13(22-10)12-5-4-8-19(12)23(20,21)17-11(2)14-16-15-9-18(14)3/h6-7,9,11-12,17H,4-5,8H2,1-3H3/t11-,12-/m1/s1. The lowest BCUT2D eigenvalue weighted by Gasteiger charge is -2.24. The van der Waals surface area contributed by atoms with Crippen LogP contribution >= 0.6 is 0 Å². The van der Waals surface area contributed by atoms with Gasteiger partial charge in [-0.05, 0) is 38.8 Å². The first-order valence-corrected chi connectivity index (χ1v) is 9.02. The van der Waals surface area contributed by atoms with Crippen molar-refractivity contribution in [2.45, 2.75) is 38.8 Å². The molecule has 2 aromatic heterocycles. The second-order valence-electron chi connectivity index (χ2n) is 5.86. The van der Waals surface area contributed by atoms with Crippen LogP contribution in [0.25, 0.3) is 0 Å². The summed E-state index contributed by atoms with van der Waals surface area (Å²) in [5.41, 5.74) is 0. The monoisotopic (exact) mass is 339 g/mol. The Bertz CT molecular complexity index is 782. The average molecular weight is 339 g/mol. The molecule has 0 aromatic carbocycles. The minimum atomic E-state index is -3.65. The van der Waals surface area contributed by atoms with E-state index in [4.69, 9.17) is 4.42 Å². The van der Waals surface area contributed by atoms with Crippen LogP contribution in [-0.4, -0.2) is 34.0 Å². The lowest BCUT2D eigenvalue weighted by molar-refractivity contribution is 0.328. The number of nitrogens with one attached hydrogen (secondary N) is 1. The quantitative estimate of drug-likeness (QED) is 0.890. The number of furan rings is 1. The van der Waals surface area contributed by atoms with Gasteiger partial charge in [0.2, 0.25) is 0 Å². The van der Waals surface area contributed by atoms with Crippen LogP contribution in [0.4, 0.5) is 0 Å². The Morgan fingerprint density at radius 2 is 2.22 bits per heavy atom. The highest BCUT2D eigenvalue weighted by atomic mass is 32.2. The highest BCUT2D eigenvalue weighted by Crippen LogP contribution is 2.35. The molecule has 0 saturated carbocycles. The summed E-state index contributed by atoms with van der Waals surface area (Å²) in [6.07, 6.45) is 3.11. The Morgan fingerprint density at radius 3 is 2.83 bits per heavy atom. The van der Waals surface area contributed by atoms with Gasteiger partial charge in [0, 0.05) is 13.6 Å². The van der Waals surface area contributed by atoms with Crippen LogP contribution < -0.4 is 4.72 Å². The van der Waals surface area contributed by atoms with Crippen molar-refractivity contribution < 1.29 is 12.8 Å². The number of aromatic nitrogens is 3. The number of aryl methyl sites for hydroxylation is 2. The third kappa shape index (κ3) is 3.17. The maximum atomic E-state index is 12.8. The fourth-order valence-corrected chi connectivity index (χ4v) is 4.57. The molecule has 3 rings (SSSR count). The predicted molar refractivity (Wildman–Crippen MR) is 83.6 cm³/mol. The lowest BCUT2D eigenvalue weighted by atomic mass is 10.2. The summed E-state index contributed by atoms with van der Waals surface area (Å²) in [7, 11) is -1.87. The molecule has 0 unspecified atom stereocenters. The van der Waals surface area contributed by atoms with E-state index in [1.165, 1.54) is 4.31 Å². The molecule has 1 aliphatic heterocycles. The van der Waals surface area contributed by atoms with Crippen LogP contribution in [0.2, 0.25) is 0 Å². The van der Waals surface area contributed by atoms with E-state index in [0.717, 1.165) is 18.6 Å². The van der Waals surface area contributed by atoms with E-state index in [1.807, 2.05) is 19.1 Å². The third-order valence-corrected chi connectivity index (χ3v) is 5.77. The molecule has 1 fully saturated rings. The highest BCUT2D eigenvalue weighted by molar-refractivity contribution is 7.87. The smallest absolute Gasteiger partial charge is 0.280 e. The van der Waals surface area contributed by atoms with Gasteiger partial charge in [-0.15, -0.1) is 10.2 Å². The summed E-state index contributed by atoms with van der Waals surface area (Å²) < 4.78 is 37.0. The predicted octanol–water partition coefficient (Wildman–Crippen LogP) is 1.45. The number of hydrogen-bond acceptors (Lipinski definition) is 5. The molecule has 8 nitrogen and oxygen atoms in total. The van der Waals surface area contributed by atoms with Crippen molar-refractivity contribution in [2.75, 3.05) is 6.54 Å². The summed E-state index contributed by atoms with van der Waals surface area (Å²) in [6.45, 7) is 4.08. The fraction of sp³-hybridized carbons (Fsp3) is 0.571. The van der Waals surface area contributed by atoms with Crippen LogP contribution in [0.15, 0.2) is 22.9 Å². The SMILES string of the molecule is Cc1ccc([C@H]2CCCN2S(=O)(=O)N[C@H](C)c2nncn2C)o1. The maximum absolute atomic E-state index is 12.8. The molecule has 0 amide bonds. The van der Waals surface area contributed by atoms with E-state index in [1.54, 1.807) is 24.9 Å². The minimum Gasteiger partial charge on any atom is -0.465 e. The summed E-state index contributed by atoms with van der Waals surface area (Å²) in [6, 6.07) is 2.98. The van der Waals surface area contributed by atoms with Crippen molar-refractivity contribution in [3.05, 3.63) is 35.8 Å². The zero-order valence-corrected chi connectivity index (χ0v) is 14.2. The molecule has 9 heteroatoms. The second kappa shape index (κ2) is 6.06. The van der Waals surface area contributed by atoms with Crippen LogP contribution in [0.3, 0.4) is 0 Å². The molecule has 1 N–H and O–H groups in total. The van der Waals surface area contributed by atoms with Gasteiger partial charge in [-0.2, -0.15) is 17.4 Å². The van der Waals surface area contributed by atoms with E-state index in [9.17, 15) is 8.42 Å². The molecule has 0 radical (unpaired) electrons. The molecule has 0 bridgehead atoms. The molecular formula is C14H21N5O3S. The summed E-state index contributed by atoms with van der Waals surface area (Å²) in [5.74, 6) is 2.04. The van der Waals surface area contributed by atoms with Gasteiger partial charge in [0.25, 0.3) is 10.2 Å². The molecule has 2 aromatic rings. The maximum Gasteiger partial charge on any atom is 0.280 e. The van der Waals surface area contributed by atoms with E-state index in [2.05, 4.69) is 14.9 Å². The van der Waals surface area contributed by atoms with E-state index in [0.29, 0.717) is 18.1 Å². The van der Waals surface area contributed by atoms with Crippen molar-refractivity contribution in [2.24, 2.45) is 7.05 Å². The largest absolute Gasteiger partial charge is 0.465 e. The van der Waals surface area contributed by atoms with Crippen molar-refractivity contribution in [3.8, 4) is 0 Å². The van der Waals surface area contributed by atoms with Crippen LogP contribution in [-0.2, 0) is 17.3 Å². The third-order valence-electron chi connectivity index (χ3n) is 4.06. The Balaban J connectivity index is 1.80. The van der Waals surface area contributed by atoms with Gasteiger partial charge in [0.15, 0.2) is 5.82 Å². The van der Waals surface area contributed by atoms with Gasteiger partial charge in [0.05, 0.1) is 12.1 Å². The van der Waals surface area contributed by atoms with Gasteiger partial charge < -0.3 is 8.98 Å². The van der Waals surface area contributed by atoms with Crippen LogP contribution in [0.5, 0.6) is 0 Å². The molecular weight excluding hydrogens is 318 g/mol. The Hall–Kier alpha value is -1.71. The van der Waals surface area contributed by atoms with Crippen molar-refractivity contribution in [1.82, 2.24) is 23.8 Å². The zero-order valence-electron chi connectivity index (χ0n) is 13.4. The normalized spacial score (nSPS) is 20.9. The van der Waals surface area contributed by atoms with Gasteiger partial charge >= 0.3 is 0 Å². The van der Waals surface area contributed by atoms with E-state index < -0.39 is 16.3 Å². The summed E-state index contributed by atoms with van der Waals surface area (Å²) in [5, 5.41) is 7.74. The highest BCUT2D eigenvalue weighted by Gasteiger charge is 2.38. The molecule has 23 heavy (non-hydrogen) atoms. The van der Waals surface area contributed by atoms with Gasteiger partial charge in [-0.1, -0.05) is 0 Å². The summed E-state index contributed by atoms with van der Waals surface area (Å²) >= 11 is 0. The molecule has 1 saturated heterocycles. The van der Waals surface area contributed by atoms with Crippen molar-refractivity contribution in [1.29, 1.82) is 0 Å². The summed E-state index contributed by atoms with van der Waals surface area (Å²) in [4.78, 5) is 0. The first-order chi connectivity index (χ1) is 10.9. The zero-order chi connectivity index (χ0) is 16.6. The fourth-order valence-electron chi connectivity index (χ4n) is 2.97. The number of hydrogen-bond donors (Lipinski definition) is 1. The topological polar surface area (TPSA) is 93.3 Å². The Morgan fingerprint density at radius 1 is 1.43 bits per heavy atom. The van der Waals surface area contributed by atoms with Crippen LogP contribution in [0.1, 0.15) is 49.2 Å². The Kier molecular flexibility index (Phi) is 4.26. The van der Waals surface area contributed by atoms with E-state index in [-0.39, 0.29) is 6.04 Å². The van der Waals surface area contributed by atoms with Gasteiger partial charge in [0.1, 0.15) is 17.8 Å².